The molecule has 0 fully saturated rings. The van der Waals surface area contributed by atoms with Crippen LogP contribution in [0.3, 0.4) is 0 Å². The van der Waals surface area contributed by atoms with Gasteiger partial charge in [0, 0.05) is 31.1 Å². The normalized spacial score (nSPS) is 14.3. The van der Waals surface area contributed by atoms with Gasteiger partial charge in [0.15, 0.2) is 0 Å². The summed E-state index contributed by atoms with van der Waals surface area (Å²) in [5.41, 5.74) is 5.57. The van der Waals surface area contributed by atoms with E-state index in [2.05, 4.69) is 60.7 Å². The Morgan fingerprint density at radius 3 is 2.50 bits per heavy atom. The van der Waals surface area contributed by atoms with E-state index in [0.717, 1.165) is 11.4 Å². The van der Waals surface area contributed by atoms with Crippen LogP contribution < -0.4 is 0 Å². The van der Waals surface area contributed by atoms with Crippen molar-refractivity contribution < 1.29 is 0 Å². The molecular weight excluding hydrogens is 358 g/mol. The molecule has 0 N–H and O–H groups in total. The molecule has 0 amide bonds. The number of thiophene rings is 1. The molecule has 3 heteroatoms. The highest BCUT2D eigenvalue weighted by Gasteiger charge is 2.19. The predicted octanol–water partition coefficient (Wildman–Crippen LogP) is 7.37. The van der Waals surface area contributed by atoms with E-state index in [9.17, 15) is 0 Å². The average Bonchev–Trinajstić information content (AvgIpc) is 3.05. The minimum Gasteiger partial charge on any atom is -0.248 e. The molecule has 4 aromatic rings. The van der Waals surface area contributed by atoms with Gasteiger partial charge in [-0.1, -0.05) is 66.2 Å². The minimum absolute atomic E-state index is 0.701. The molecule has 0 bridgehead atoms. The molecule has 1 aliphatic rings. The van der Waals surface area contributed by atoms with E-state index in [1.54, 1.807) is 0 Å². The number of nitrogens with zero attached hydrogens (tertiary/aromatic N) is 1. The number of aliphatic imine (C=N–C) groups is 1. The van der Waals surface area contributed by atoms with Gasteiger partial charge in [-0.3, -0.25) is 0 Å². The Kier molecular flexibility index (Phi) is 3.74. The Balaban J connectivity index is 1.72. The van der Waals surface area contributed by atoms with Gasteiger partial charge in [-0.25, -0.2) is 4.99 Å². The summed E-state index contributed by atoms with van der Waals surface area (Å²) in [6.45, 7) is 0. The number of rotatable bonds is 2. The van der Waals surface area contributed by atoms with Gasteiger partial charge in [0.1, 0.15) is 0 Å². The fourth-order valence-corrected chi connectivity index (χ4v) is 4.79. The van der Waals surface area contributed by atoms with Crippen molar-refractivity contribution in [1.29, 1.82) is 0 Å². The molecule has 0 saturated heterocycles. The molecule has 5 rings (SSSR count). The molecule has 1 nitrogen and oxygen atoms in total. The maximum absolute atomic E-state index is 6.11. The lowest BCUT2D eigenvalue weighted by atomic mass is 9.94. The number of hydrogen-bond acceptors (Lipinski definition) is 2. The summed E-state index contributed by atoms with van der Waals surface area (Å²) in [5, 5.41) is 1.99. The first kappa shape index (κ1) is 15.6. The van der Waals surface area contributed by atoms with Crippen LogP contribution in [-0.2, 0) is 0 Å². The average molecular weight is 372 g/mol. The minimum atomic E-state index is 0.701. The van der Waals surface area contributed by atoms with E-state index in [4.69, 9.17) is 16.6 Å². The molecule has 0 aliphatic heterocycles. The molecular formula is C23H14ClNS. The van der Waals surface area contributed by atoms with Crippen molar-refractivity contribution in [1.82, 2.24) is 0 Å². The molecule has 0 atom stereocenters. The number of hydrogen-bond donors (Lipinski definition) is 0. The molecule has 0 unspecified atom stereocenters. The highest BCUT2D eigenvalue weighted by molar-refractivity contribution is 7.22. The second-order valence-electron chi connectivity index (χ2n) is 6.20. The molecule has 3 aromatic carbocycles. The Bertz CT molecular complexity index is 1190. The van der Waals surface area contributed by atoms with Gasteiger partial charge in [0.2, 0.25) is 0 Å². The van der Waals surface area contributed by atoms with E-state index in [1.165, 1.54) is 31.7 Å². The highest BCUT2D eigenvalue weighted by Crippen LogP contribution is 2.43. The highest BCUT2D eigenvalue weighted by atomic mass is 35.5. The Morgan fingerprint density at radius 1 is 0.808 bits per heavy atom. The second kappa shape index (κ2) is 6.24. The van der Waals surface area contributed by atoms with Crippen LogP contribution in [0.4, 0.5) is 5.69 Å². The summed E-state index contributed by atoms with van der Waals surface area (Å²) in [7, 11) is 0. The molecule has 1 heterocycles. The van der Waals surface area contributed by atoms with Gasteiger partial charge < -0.3 is 0 Å². The third-order valence-corrected chi connectivity index (χ3v) is 5.98. The van der Waals surface area contributed by atoms with Crippen molar-refractivity contribution in [2.75, 3.05) is 0 Å². The topological polar surface area (TPSA) is 12.4 Å². The van der Waals surface area contributed by atoms with E-state index in [-0.39, 0.29) is 0 Å². The second-order valence-corrected chi connectivity index (χ2v) is 7.69. The van der Waals surface area contributed by atoms with Crippen molar-refractivity contribution in [2.24, 2.45) is 4.99 Å². The van der Waals surface area contributed by atoms with Crippen LogP contribution in [-0.4, -0.2) is 5.71 Å². The fourth-order valence-electron chi connectivity index (χ4n) is 3.38. The lowest BCUT2D eigenvalue weighted by Crippen LogP contribution is -2.01. The molecule has 26 heavy (non-hydrogen) atoms. The van der Waals surface area contributed by atoms with E-state index < -0.39 is 0 Å². The van der Waals surface area contributed by atoms with Gasteiger partial charge in [-0.05, 0) is 35.9 Å². The summed E-state index contributed by atoms with van der Waals surface area (Å²) in [6, 6.07) is 24.7. The van der Waals surface area contributed by atoms with Gasteiger partial charge in [0.05, 0.1) is 11.4 Å². The Morgan fingerprint density at radius 2 is 1.65 bits per heavy atom. The largest absolute Gasteiger partial charge is 0.248 e. The zero-order chi connectivity index (χ0) is 17.5. The molecule has 0 spiro atoms. The SMILES string of the molecule is Clc1cccc(N=C2C=Cc3c(-c4ccccc4)sc4cccc2c34)c1. The van der Waals surface area contributed by atoms with Crippen LogP contribution in [0.1, 0.15) is 11.1 Å². The lowest BCUT2D eigenvalue weighted by Gasteiger charge is -2.11. The molecule has 124 valence electrons. The smallest absolute Gasteiger partial charge is 0.0716 e. The van der Waals surface area contributed by atoms with Gasteiger partial charge >= 0.3 is 0 Å². The first-order valence-electron chi connectivity index (χ1n) is 8.43. The van der Waals surface area contributed by atoms with Crippen molar-refractivity contribution in [3.63, 3.8) is 0 Å². The van der Waals surface area contributed by atoms with Crippen LogP contribution in [0.2, 0.25) is 5.02 Å². The third-order valence-electron chi connectivity index (χ3n) is 4.53. The summed E-state index contributed by atoms with van der Waals surface area (Å²) in [4.78, 5) is 6.15. The molecule has 0 saturated carbocycles. The van der Waals surface area contributed by atoms with Gasteiger partial charge in [-0.15, -0.1) is 11.3 Å². The van der Waals surface area contributed by atoms with Crippen LogP contribution in [0.15, 0.2) is 83.9 Å². The monoisotopic (exact) mass is 371 g/mol. The first-order valence-corrected chi connectivity index (χ1v) is 9.63. The van der Waals surface area contributed by atoms with Crippen molar-refractivity contribution in [2.45, 2.75) is 0 Å². The lowest BCUT2D eigenvalue weighted by molar-refractivity contribution is 1.51. The van der Waals surface area contributed by atoms with Crippen LogP contribution in [0.5, 0.6) is 0 Å². The molecule has 0 radical (unpaired) electrons. The van der Waals surface area contributed by atoms with E-state index in [0.29, 0.717) is 5.02 Å². The van der Waals surface area contributed by atoms with E-state index in [1.807, 2.05) is 35.6 Å². The van der Waals surface area contributed by atoms with Crippen molar-refractivity contribution in [3.05, 3.63) is 95.0 Å². The predicted molar refractivity (Wildman–Crippen MR) is 114 cm³/mol. The summed E-state index contributed by atoms with van der Waals surface area (Å²) >= 11 is 7.95. The summed E-state index contributed by atoms with van der Waals surface area (Å²) < 4.78 is 1.29. The quantitative estimate of drug-likeness (QED) is 0.348. The zero-order valence-electron chi connectivity index (χ0n) is 13.8. The number of halogens is 1. The molecule has 1 aliphatic carbocycles. The maximum atomic E-state index is 6.11. The molecule has 1 aromatic heterocycles. The first-order chi connectivity index (χ1) is 12.8. The maximum Gasteiger partial charge on any atom is 0.0716 e. The van der Waals surface area contributed by atoms with Crippen molar-refractivity contribution >= 4 is 50.5 Å². The third kappa shape index (κ3) is 2.59. The number of allylic oxidation sites excluding steroid dienone is 1. The standard InChI is InChI=1S/C23H14ClNS/c24-16-8-4-9-17(14-16)25-20-13-12-19-22-18(20)10-5-11-21(22)26-23(19)15-6-2-1-3-7-15/h1-14H. The van der Waals surface area contributed by atoms with Gasteiger partial charge in [-0.2, -0.15) is 0 Å². The Labute approximate surface area is 160 Å². The van der Waals surface area contributed by atoms with Gasteiger partial charge in [0.25, 0.3) is 0 Å². The Hall–Kier alpha value is -2.68. The zero-order valence-corrected chi connectivity index (χ0v) is 15.4. The van der Waals surface area contributed by atoms with E-state index >= 15 is 0 Å². The van der Waals surface area contributed by atoms with Crippen LogP contribution >= 0.6 is 22.9 Å². The van der Waals surface area contributed by atoms with Crippen LogP contribution in [0.25, 0.3) is 26.6 Å². The van der Waals surface area contributed by atoms with Crippen molar-refractivity contribution in [3.8, 4) is 10.4 Å². The fraction of sp³-hybridized carbons (Fsp3) is 0. The summed E-state index contributed by atoms with van der Waals surface area (Å²) in [5.74, 6) is 0. The number of benzene rings is 3. The summed E-state index contributed by atoms with van der Waals surface area (Å²) in [6.07, 6.45) is 4.30. The van der Waals surface area contributed by atoms with Crippen LogP contribution in [0, 0.1) is 0 Å².